The van der Waals surface area contributed by atoms with Crippen LogP contribution < -0.4 is 10.1 Å². The van der Waals surface area contributed by atoms with E-state index in [9.17, 15) is 0 Å². The highest BCUT2D eigenvalue weighted by Gasteiger charge is 2.21. The molecule has 1 aromatic carbocycles. The molecule has 100 valence electrons. The molecule has 2 rings (SSSR count). The zero-order chi connectivity index (χ0) is 12.8. The van der Waals surface area contributed by atoms with Gasteiger partial charge in [-0.15, -0.1) is 0 Å². The van der Waals surface area contributed by atoms with E-state index in [-0.39, 0.29) is 12.1 Å². The Hall–Kier alpha value is -1.10. The van der Waals surface area contributed by atoms with Crippen molar-refractivity contribution >= 4 is 0 Å². The predicted octanol–water partition coefficient (Wildman–Crippen LogP) is 1.76. The summed E-state index contributed by atoms with van der Waals surface area (Å²) in [6.07, 6.45) is 0.261. The van der Waals surface area contributed by atoms with Gasteiger partial charge in [0.25, 0.3) is 0 Å². The fraction of sp³-hybridized carbons (Fsp3) is 0.571. The Balaban J connectivity index is 1.97. The van der Waals surface area contributed by atoms with Gasteiger partial charge >= 0.3 is 0 Å². The van der Waals surface area contributed by atoms with Gasteiger partial charge < -0.3 is 19.5 Å². The number of benzene rings is 1. The summed E-state index contributed by atoms with van der Waals surface area (Å²) in [7, 11) is 1.68. The molecule has 0 aliphatic carbocycles. The summed E-state index contributed by atoms with van der Waals surface area (Å²) in [5, 5.41) is 3.43. The summed E-state index contributed by atoms with van der Waals surface area (Å²) in [6.45, 7) is 5.11. The molecule has 0 amide bonds. The summed E-state index contributed by atoms with van der Waals surface area (Å²) in [4.78, 5) is 0. The van der Waals surface area contributed by atoms with E-state index in [1.807, 2.05) is 18.2 Å². The molecule has 0 bridgehead atoms. The minimum Gasteiger partial charge on any atom is -0.497 e. The van der Waals surface area contributed by atoms with Gasteiger partial charge in [-0.25, -0.2) is 0 Å². The fourth-order valence-corrected chi connectivity index (χ4v) is 1.92. The lowest BCUT2D eigenvalue weighted by Gasteiger charge is -2.28. The molecule has 1 aliphatic heterocycles. The Labute approximate surface area is 108 Å². The van der Waals surface area contributed by atoms with Crippen molar-refractivity contribution < 1.29 is 14.2 Å². The molecular formula is C14H21NO3. The van der Waals surface area contributed by atoms with Crippen molar-refractivity contribution in [2.45, 2.75) is 19.1 Å². The van der Waals surface area contributed by atoms with Crippen molar-refractivity contribution in [2.75, 3.05) is 33.5 Å². The van der Waals surface area contributed by atoms with Crippen LogP contribution in [0.1, 0.15) is 18.5 Å². The molecule has 1 aliphatic rings. The van der Waals surface area contributed by atoms with E-state index >= 15 is 0 Å². The quantitative estimate of drug-likeness (QED) is 0.801. The van der Waals surface area contributed by atoms with Crippen molar-refractivity contribution in [3.8, 4) is 5.75 Å². The van der Waals surface area contributed by atoms with Crippen LogP contribution in [0.15, 0.2) is 24.3 Å². The minimum atomic E-state index is 0.200. The standard InChI is InChI=1S/C14H21NO3/c1-3-15-14(10-18-13-8-17-9-13)11-5-4-6-12(7-11)16-2/h4-7,13-15H,3,8-10H2,1-2H3. The van der Waals surface area contributed by atoms with Gasteiger partial charge in [-0.1, -0.05) is 19.1 Å². The molecular weight excluding hydrogens is 230 g/mol. The highest BCUT2D eigenvalue weighted by atomic mass is 16.6. The summed E-state index contributed by atoms with van der Waals surface area (Å²) in [5.74, 6) is 0.877. The van der Waals surface area contributed by atoms with Gasteiger partial charge in [0.15, 0.2) is 0 Å². The SMILES string of the molecule is CCNC(COC1COC1)c1cccc(OC)c1. The van der Waals surface area contributed by atoms with Gasteiger partial charge in [0.05, 0.1) is 33.0 Å². The molecule has 0 spiro atoms. The van der Waals surface area contributed by atoms with Crippen LogP contribution >= 0.6 is 0 Å². The second-order valence-corrected chi connectivity index (χ2v) is 4.38. The van der Waals surface area contributed by atoms with E-state index in [0.717, 1.165) is 25.5 Å². The number of hydrogen-bond donors (Lipinski definition) is 1. The van der Waals surface area contributed by atoms with Crippen molar-refractivity contribution in [3.63, 3.8) is 0 Å². The number of ether oxygens (including phenoxy) is 3. The average Bonchev–Trinajstić information content (AvgIpc) is 2.36. The van der Waals surface area contributed by atoms with Gasteiger partial charge in [0.1, 0.15) is 11.9 Å². The van der Waals surface area contributed by atoms with Crippen LogP contribution in [0.3, 0.4) is 0 Å². The number of nitrogens with one attached hydrogen (secondary N) is 1. The monoisotopic (exact) mass is 251 g/mol. The topological polar surface area (TPSA) is 39.7 Å². The van der Waals surface area contributed by atoms with E-state index in [4.69, 9.17) is 14.2 Å². The second kappa shape index (κ2) is 6.73. The van der Waals surface area contributed by atoms with Gasteiger partial charge in [0.2, 0.25) is 0 Å². The van der Waals surface area contributed by atoms with Crippen molar-refractivity contribution in [2.24, 2.45) is 0 Å². The minimum absolute atomic E-state index is 0.200. The summed E-state index contributed by atoms with van der Waals surface area (Å²) >= 11 is 0. The van der Waals surface area contributed by atoms with Gasteiger partial charge in [-0.05, 0) is 24.2 Å². The Morgan fingerprint density at radius 3 is 2.89 bits per heavy atom. The van der Waals surface area contributed by atoms with Crippen LogP contribution in [0.2, 0.25) is 0 Å². The van der Waals surface area contributed by atoms with E-state index in [1.54, 1.807) is 7.11 Å². The number of likely N-dealkylation sites (N-methyl/N-ethyl adjacent to an activating group) is 1. The highest BCUT2D eigenvalue weighted by Crippen LogP contribution is 2.20. The molecule has 1 atom stereocenters. The largest absolute Gasteiger partial charge is 0.497 e. The van der Waals surface area contributed by atoms with Crippen LogP contribution in [-0.2, 0) is 9.47 Å². The van der Waals surface area contributed by atoms with Crippen LogP contribution in [-0.4, -0.2) is 39.6 Å². The molecule has 0 aromatic heterocycles. The molecule has 4 nitrogen and oxygen atoms in total. The number of methoxy groups -OCH3 is 1. The van der Waals surface area contributed by atoms with E-state index in [1.165, 1.54) is 5.56 Å². The zero-order valence-electron chi connectivity index (χ0n) is 11.0. The molecule has 1 aromatic rings. The van der Waals surface area contributed by atoms with E-state index < -0.39 is 0 Å². The van der Waals surface area contributed by atoms with Crippen molar-refractivity contribution in [1.82, 2.24) is 5.32 Å². The van der Waals surface area contributed by atoms with Gasteiger partial charge in [-0.3, -0.25) is 0 Å². The lowest BCUT2D eigenvalue weighted by molar-refractivity contribution is -0.133. The molecule has 18 heavy (non-hydrogen) atoms. The normalized spacial score (nSPS) is 17.2. The smallest absolute Gasteiger partial charge is 0.119 e. The first kappa shape index (κ1) is 13.3. The molecule has 1 N–H and O–H groups in total. The third kappa shape index (κ3) is 3.45. The Kier molecular flexibility index (Phi) is 4.99. The van der Waals surface area contributed by atoms with E-state index in [0.29, 0.717) is 6.61 Å². The lowest BCUT2D eigenvalue weighted by Crippen LogP contribution is -2.38. The second-order valence-electron chi connectivity index (χ2n) is 4.38. The first-order chi connectivity index (χ1) is 8.83. The molecule has 0 radical (unpaired) electrons. The maximum Gasteiger partial charge on any atom is 0.119 e. The van der Waals surface area contributed by atoms with Crippen LogP contribution in [0, 0.1) is 0 Å². The summed E-state index contributed by atoms with van der Waals surface area (Å²) in [6, 6.07) is 8.30. The summed E-state index contributed by atoms with van der Waals surface area (Å²) in [5.41, 5.74) is 1.19. The molecule has 0 saturated carbocycles. The molecule has 4 heteroatoms. The fourth-order valence-electron chi connectivity index (χ4n) is 1.92. The highest BCUT2D eigenvalue weighted by molar-refractivity contribution is 5.30. The molecule has 1 unspecified atom stereocenters. The van der Waals surface area contributed by atoms with E-state index in [2.05, 4.69) is 18.3 Å². The number of rotatable bonds is 7. The van der Waals surface area contributed by atoms with Crippen LogP contribution in [0.4, 0.5) is 0 Å². The van der Waals surface area contributed by atoms with Crippen LogP contribution in [0.25, 0.3) is 0 Å². The predicted molar refractivity (Wildman–Crippen MR) is 70.0 cm³/mol. The third-order valence-electron chi connectivity index (χ3n) is 3.05. The lowest BCUT2D eigenvalue weighted by atomic mass is 10.1. The molecule has 1 heterocycles. The van der Waals surface area contributed by atoms with Gasteiger partial charge in [0, 0.05) is 0 Å². The zero-order valence-corrected chi connectivity index (χ0v) is 11.0. The first-order valence-electron chi connectivity index (χ1n) is 6.40. The Bertz CT molecular complexity index is 366. The Morgan fingerprint density at radius 2 is 2.28 bits per heavy atom. The maximum absolute atomic E-state index is 5.79. The molecule has 1 fully saturated rings. The average molecular weight is 251 g/mol. The van der Waals surface area contributed by atoms with Gasteiger partial charge in [-0.2, -0.15) is 0 Å². The van der Waals surface area contributed by atoms with Crippen LogP contribution in [0.5, 0.6) is 5.75 Å². The number of hydrogen-bond acceptors (Lipinski definition) is 4. The van der Waals surface area contributed by atoms with Crippen molar-refractivity contribution in [1.29, 1.82) is 0 Å². The first-order valence-corrected chi connectivity index (χ1v) is 6.40. The molecule has 1 saturated heterocycles. The maximum atomic E-state index is 5.79. The summed E-state index contributed by atoms with van der Waals surface area (Å²) < 4.78 is 16.1. The third-order valence-corrected chi connectivity index (χ3v) is 3.05. The Morgan fingerprint density at radius 1 is 1.44 bits per heavy atom. The van der Waals surface area contributed by atoms with Crippen molar-refractivity contribution in [3.05, 3.63) is 29.8 Å².